The van der Waals surface area contributed by atoms with Crippen LogP contribution in [0.4, 0.5) is 0 Å². The van der Waals surface area contributed by atoms with Crippen molar-refractivity contribution in [2.75, 3.05) is 6.54 Å². The molecule has 0 spiro atoms. The van der Waals surface area contributed by atoms with Crippen molar-refractivity contribution in [2.24, 2.45) is 0 Å². The van der Waals surface area contributed by atoms with Crippen LogP contribution in [0.25, 0.3) is 0 Å². The van der Waals surface area contributed by atoms with E-state index in [0.29, 0.717) is 24.7 Å². The SMILES string of the molecule is CC1(C(=O)O)CCCN1C(=O)c1cccn1C1CCC1. The lowest BCUT2D eigenvalue weighted by atomic mass is 9.92. The van der Waals surface area contributed by atoms with E-state index in [9.17, 15) is 14.7 Å². The third-order valence-electron chi connectivity index (χ3n) is 4.81. The Kier molecular flexibility index (Phi) is 3.07. The van der Waals surface area contributed by atoms with Gasteiger partial charge in [-0.3, -0.25) is 4.79 Å². The molecule has 108 valence electrons. The number of aromatic nitrogens is 1. The van der Waals surface area contributed by atoms with Gasteiger partial charge in [-0.05, 0) is 51.2 Å². The molecule has 0 aromatic carbocycles. The van der Waals surface area contributed by atoms with Gasteiger partial charge in [-0.2, -0.15) is 0 Å². The number of hydrogen-bond donors (Lipinski definition) is 1. The number of aliphatic carboxylic acids is 1. The molecule has 5 heteroatoms. The summed E-state index contributed by atoms with van der Waals surface area (Å²) in [4.78, 5) is 25.8. The van der Waals surface area contributed by atoms with E-state index in [4.69, 9.17) is 0 Å². The summed E-state index contributed by atoms with van der Waals surface area (Å²) in [6, 6.07) is 4.09. The van der Waals surface area contributed by atoms with Gasteiger partial charge in [-0.1, -0.05) is 0 Å². The zero-order valence-electron chi connectivity index (χ0n) is 11.7. The first kappa shape index (κ1) is 13.2. The van der Waals surface area contributed by atoms with Crippen LogP contribution in [0.1, 0.15) is 55.6 Å². The fraction of sp³-hybridized carbons (Fsp3) is 0.600. The Hall–Kier alpha value is -1.78. The zero-order chi connectivity index (χ0) is 14.3. The maximum atomic E-state index is 12.7. The van der Waals surface area contributed by atoms with Gasteiger partial charge >= 0.3 is 5.97 Å². The van der Waals surface area contributed by atoms with E-state index in [1.807, 2.05) is 16.8 Å². The van der Waals surface area contributed by atoms with Crippen LogP contribution in [0.15, 0.2) is 18.3 Å². The molecule has 1 aliphatic carbocycles. The molecule has 1 aromatic rings. The lowest BCUT2D eigenvalue weighted by Crippen LogP contribution is -2.51. The normalized spacial score (nSPS) is 26.6. The van der Waals surface area contributed by atoms with Gasteiger partial charge in [0.1, 0.15) is 11.2 Å². The molecular weight excluding hydrogens is 256 g/mol. The summed E-state index contributed by atoms with van der Waals surface area (Å²) in [7, 11) is 0. The number of carbonyl (C=O) groups is 2. The summed E-state index contributed by atoms with van der Waals surface area (Å²) >= 11 is 0. The number of nitrogens with zero attached hydrogens (tertiary/aromatic N) is 2. The molecule has 1 amide bonds. The Labute approximate surface area is 118 Å². The van der Waals surface area contributed by atoms with E-state index in [1.165, 1.54) is 11.3 Å². The van der Waals surface area contributed by atoms with Gasteiger partial charge in [0, 0.05) is 18.8 Å². The second-order valence-corrected chi connectivity index (χ2v) is 6.02. The van der Waals surface area contributed by atoms with Crippen molar-refractivity contribution < 1.29 is 14.7 Å². The predicted molar refractivity (Wildman–Crippen MR) is 73.6 cm³/mol. The van der Waals surface area contributed by atoms with E-state index in [1.54, 1.807) is 13.0 Å². The minimum atomic E-state index is -1.06. The molecule has 5 nitrogen and oxygen atoms in total. The molecule has 20 heavy (non-hydrogen) atoms. The van der Waals surface area contributed by atoms with E-state index in [2.05, 4.69) is 0 Å². The average Bonchev–Trinajstić information content (AvgIpc) is 2.94. The minimum Gasteiger partial charge on any atom is -0.480 e. The van der Waals surface area contributed by atoms with Gasteiger partial charge in [-0.25, -0.2) is 4.79 Å². The molecule has 3 rings (SSSR count). The van der Waals surface area contributed by atoms with E-state index in [-0.39, 0.29) is 5.91 Å². The van der Waals surface area contributed by atoms with Crippen LogP contribution in [-0.4, -0.2) is 38.5 Å². The highest BCUT2D eigenvalue weighted by Crippen LogP contribution is 2.35. The summed E-state index contributed by atoms with van der Waals surface area (Å²) in [6.07, 6.45) is 6.62. The standard InChI is InChI=1S/C15H20N2O3/c1-15(14(19)20)8-4-10-17(15)13(18)12-7-3-9-16(12)11-5-2-6-11/h3,7,9,11H,2,4-6,8,10H2,1H3,(H,19,20). The molecule has 0 bridgehead atoms. The number of rotatable bonds is 3. The summed E-state index contributed by atoms with van der Waals surface area (Å²) in [5.74, 6) is -1.06. The highest BCUT2D eigenvalue weighted by Gasteiger charge is 2.46. The van der Waals surface area contributed by atoms with Gasteiger partial charge in [-0.15, -0.1) is 0 Å². The monoisotopic (exact) mass is 276 g/mol. The predicted octanol–water partition coefficient (Wildman–Crippen LogP) is 2.29. The van der Waals surface area contributed by atoms with Gasteiger partial charge in [0.15, 0.2) is 0 Å². The van der Waals surface area contributed by atoms with Crippen LogP contribution in [0, 0.1) is 0 Å². The first-order valence-electron chi connectivity index (χ1n) is 7.26. The van der Waals surface area contributed by atoms with Crippen molar-refractivity contribution in [2.45, 2.75) is 50.6 Å². The molecule has 1 unspecified atom stereocenters. The molecule has 1 saturated carbocycles. The molecule has 2 heterocycles. The number of carboxylic acid groups (broad SMARTS) is 1. The smallest absolute Gasteiger partial charge is 0.329 e. The minimum absolute atomic E-state index is 0.149. The topological polar surface area (TPSA) is 62.5 Å². The molecule has 1 aliphatic heterocycles. The Morgan fingerprint density at radius 1 is 1.35 bits per heavy atom. The van der Waals surface area contributed by atoms with Gasteiger partial charge in [0.2, 0.25) is 0 Å². The lowest BCUT2D eigenvalue weighted by Gasteiger charge is -2.33. The Morgan fingerprint density at radius 2 is 2.10 bits per heavy atom. The summed E-state index contributed by atoms with van der Waals surface area (Å²) in [5.41, 5.74) is -0.435. The Bertz CT molecular complexity index is 547. The molecule has 2 aliphatic rings. The van der Waals surface area contributed by atoms with Crippen molar-refractivity contribution in [3.05, 3.63) is 24.0 Å². The summed E-state index contributed by atoms with van der Waals surface area (Å²) in [5, 5.41) is 9.42. The maximum absolute atomic E-state index is 12.7. The van der Waals surface area contributed by atoms with Crippen molar-refractivity contribution in [1.29, 1.82) is 0 Å². The number of carbonyl (C=O) groups excluding carboxylic acids is 1. The molecule has 1 saturated heterocycles. The zero-order valence-corrected chi connectivity index (χ0v) is 11.7. The highest BCUT2D eigenvalue weighted by molar-refractivity contribution is 5.97. The molecule has 1 aromatic heterocycles. The van der Waals surface area contributed by atoms with Crippen LogP contribution in [0.5, 0.6) is 0 Å². The Balaban J connectivity index is 1.89. The van der Waals surface area contributed by atoms with Crippen LogP contribution in [0.2, 0.25) is 0 Å². The molecule has 1 N–H and O–H groups in total. The van der Waals surface area contributed by atoms with E-state index < -0.39 is 11.5 Å². The van der Waals surface area contributed by atoms with Gasteiger partial charge < -0.3 is 14.6 Å². The number of hydrogen-bond acceptors (Lipinski definition) is 2. The lowest BCUT2D eigenvalue weighted by molar-refractivity contribution is -0.147. The average molecular weight is 276 g/mol. The fourth-order valence-corrected chi connectivity index (χ4v) is 3.21. The Morgan fingerprint density at radius 3 is 2.70 bits per heavy atom. The highest BCUT2D eigenvalue weighted by atomic mass is 16.4. The van der Waals surface area contributed by atoms with Crippen molar-refractivity contribution in [3.63, 3.8) is 0 Å². The largest absolute Gasteiger partial charge is 0.480 e. The second kappa shape index (κ2) is 4.65. The second-order valence-electron chi connectivity index (χ2n) is 6.02. The number of likely N-dealkylation sites (tertiary alicyclic amines) is 1. The fourth-order valence-electron chi connectivity index (χ4n) is 3.21. The van der Waals surface area contributed by atoms with Gasteiger partial charge in [0.05, 0.1) is 0 Å². The third kappa shape index (κ3) is 1.84. The summed E-state index contributed by atoms with van der Waals surface area (Å²) < 4.78 is 2.02. The molecule has 2 fully saturated rings. The van der Waals surface area contributed by atoms with Crippen LogP contribution < -0.4 is 0 Å². The molecule has 1 atom stereocenters. The molecule has 0 radical (unpaired) electrons. The van der Waals surface area contributed by atoms with Crippen LogP contribution in [0.3, 0.4) is 0 Å². The molecular formula is C15H20N2O3. The van der Waals surface area contributed by atoms with Crippen molar-refractivity contribution in [3.8, 4) is 0 Å². The van der Waals surface area contributed by atoms with Crippen LogP contribution in [-0.2, 0) is 4.79 Å². The van der Waals surface area contributed by atoms with Gasteiger partial charge in [0.25, 0.3) is 5.91 Å². The van der Waals surface area contributed by atoms with Crippen LogP contribution >= 0.6 is 0 Å². The number of carboxylic acids is 1. The number of amides is 1. The third-order valence-corrected chi connectivity index (χ3v) is 4.81. The van der Waals surface area contributed by atoms with E-state index in [0.717, 1.165) is 19.3 Å². The first-order valence-corrected chi connectivity index (χ1v) is 7.26. The van der Waals surface area contributed by atoms with Crippen molar-refractivity contribution >= 4 is 11.9 Å². The van der Waals surface area contributed by atoms with E-state index >= 15 is 0 Å². The quantitative estimate of drug-likeness (QED) is 0.921. The summed E-state index contributed by atoms with van der Waals surface area (Å²) in [6.45, 7) is 2.17. The maximum Gasteiger partial charge on any atom is 0.329 e. The first-order chi connectivity index (χ1) is 9.54. The van der Waals surface area contributed by atoms with Crippen molar-refractivity contribution in [1.82, 2.24) is 9.47 Å².